The minimum atomic E-state index is -3.43. The van der Waals surface area contributed by atoms with Crippen LogP contribution in [-0.4, -0.2) is 41.2 Å². The van der Waals surface area contributed by atoms with Crippen molar-refractivity contribution in [1.82, 2.24) is 15.0 Å². The number of sulfone groups is 1. The van der Waals surface area contributed by atoms with Crippen molar-refractivity contribution < 1.29 is 27.0 Å². The average Bonchev–Trinajstić information content (AvgIpc) is 3.50. The SMILES string of the molecule is COc1cc2ncnc(Nc3ccc(OCc4cccc(F)c4)c(Cl)c3)c2cc1-c1csc(C(C)OC(C)S(=O)(=O)C(C)C)n1. The molecule has 0 saturated carbocycles. The lowest BCUT2D eigenvalue weighted by atomic mass is 10.1. The maximum absolute atomic E-state index is 13.5. The van der Waals surface area contributed by atoms with Crippen molar-refractivity contribution >= 4 is 55.2 Å². The third-order valence-electron chi connectivity index (χ3n) is 7.10. The van der Waals surface area contributed by atoms with E-state index in [4.69, 9.17) is 30.8 Å². The number of nitrogens with zero attached hydrogens (tertiary/aromatic N) is 3. The van der Waals surface area contributed by atoms with Crippen LogP contribution in [0.3, 0.4) is 0 Å². The molecule has 3 aromatic carbocycles. The molecule has 0 aliphatic carbocycles. The summed E-state index contributed by atoms with van der Waals surface area (Å²) in [5, 5.41) is 6.35. The van der Waals surface area contributed by atoms with Gasteiger partial charge in [0.2, 0.25) is 0 Å². The molecule has 13 heteroatoms. The quantitative estimate of drug-likeness (QED) is 0.141. The molecule has 45 heavy (non-hydrogen) atoms. The maximum atomic E-state index is 13.5. The summed E-state index contributed by atoms with van der Waals surface area (Å²) in [6.07, 6.45) is 0.915. The topological polar surface area (TPSA) is 113 Å². The zero-order valence-electron chi connectivity index (χ0n) is 25.2. The molecule has 0 bridgehead atoms. The Balaban J connectivity index is 1.38. The number of thiazole rings is 1. The number of ether oxygens (including phenoxy) is 3. The van der Waals surface area contributed by atoms with Gasteiger partial charge in [-0.05, 0) is 69.7 Å². The lowest BCUT2D eigenvalue weighted by molar-refractivity contribution is 0.0499. The molecule has 1 N–H and O–H groups in total. The molecular formula is C32H32ClFN4O5S2. The van der Waals surface area contributed by atoms with Crippen molar-refractivity contribution in [3.8, 4) is 22.8 Å². The number of nitrogens with one attached hydrogen (secondary N) is 1. The summed E-state index contributed by atoms with van der Waals surface area (Å²) >= 11 is 7.89. The van der Waals surface area contributed by atoms with Gasteiger partial charge in [-0.25, -0.2) is 27.8 Å². The molecule has 0 spiro atoms. The van der Waals surface area contributed by atoms with Gasteiger partial charge in [0.25, 0.3) is 0 Å². The van der Waals surface area contributed by atoms with Crippen LogP contribution in [0.15, 0.2) is 66.3 Å². The Morgan fingerprint density at radius 2 is 1.82 bits per heavy atom. The number of halogens is 2. The Kier molecular flexibility index (Phi) is 9.88. The summed E-state index contributed by atoms with van der Waals surface area (Å²) < 4.78 is 55.9. The van der Waals surface area contributed by atoms with E-state index in [0.29, 0.717) is 60.8 Å². The Morgan fingerprint density at radius 1 is 1.02 bits per heavy atom. The van der Waals surface area contributed by atoms with Crippen molar-refractivity contribution in [2.45, 2.75) is 51.1 Å². The second-order valence-corrected chi connectivity index (χ2v) is 14.6. The summed E-state index contributed by atoms with van der Waals surface area (Å²) in [6, 6.07) is 15.2. The van der Waals surface area contributed by atoms with Crippen LogP contribution < -0.4 is 14.8 Å². The highest BCUT2D eigenvalue weighted by Crippen LogP contribution is 2.38. The zero-order valence-corrected chi connectivity index (χ0v) is 27.6. The number of benzene rings is 3. The number of hydrogen-bond acceptors (Lipinski definition) is 10. The van der Waals surface area contributed by atoms with Crippen LogP contribution in [0.5, 0.6) is 11.5 Å². The Hall–Kier alpha value is -3.84. The number of anilines is 2. The molecule has 0 aliphatic rings. The Labute approximate surface area is 270 Å². The minimum Gasteiger partial charge on any atom is -0.496 e. The molecule has 2 unspecified atom stereocenters. The van der Waals surface area contributed by atoms with E-state index in [1.807, 2.05) is 17.5 Å². The Bertz CT molecular complexity index is 1940. The van der Waals surface area contributed by atoms with Gasteiger partial charge in [-0.2, -0.15) is 0 Å². The molecule has 2 aromatic heterocycles. The fraction of sp³-hybridized carbons (Fsp3) is 0.281. The summed E-state index contributed by atoms with van der Waals surface area (Å²) in [7, 11) is -1.85. The summed E-state index contributed by atoms with van der Waals surface area (Å²) in [4.78, 5) is 13.6. The molecule has 0 amide bonds. The normalized spacial score (nSPS) is 13.2. The highest BCUT2D eigenvalue weighted by molar-refractivity contribution is 7.92. The van der Waals surface area contributed by atoms with Gasteiger partial charge in [0.1, 0.15) is 47.2 Å². The van der Waals surface area contributed by atoms with Crippen LogP contribution in [0, 0.1) is 5.82 Å². The molecule has 0 radical (unpaired) electrons. The van der Waals surface area contributed by atoms with Crippen molar-refractivity contribution in [3.63, 3.8) is 0 Å². The average molecular weight is 671 g/mol. The monoisotopic (exact) mass is 670 g/mol. The molecule has 236 valence electrons. The van der Waals surface area contributed by atoms with E-state index in [1.165, 1.54) is 29.8 Å². The molecule has 2 atom stereocenters. The second kappa shape index (κ2) is 13.7. The van der Waals surface area contributed by atoms with Crippen LogP contribution >= 0.6 is 22.9 Å². The second-order valence-electron chi connectivity index (χ2n) is 10.5. The summed E-state index contributed by atoms with van der Waals surface area (Å²) in [5.41, 5.74) is 2.39. The standard InChI is InChI=1S/C32H32ClFN4O5S2/c1-18(2)45(39,40)20(4)43-19(3)32-38-28(16-44-32)24-13-25-27(14-30(24)41-5)35-17-36-31(25)37-23-9-10-29(26(33)12-23)42-15-21-7-6-8-22(34)11-21/h6-14,16-20H,15H2,1-5H3,(H,35,36,37). The van der Waals surface area contributed by atoms with E-state index >= 15 is 0 Å². The van der Waals surface area contributed by atoms with Gasteiger partial charge in [-0.15, -0.1) is 11.3 Å². The van der Waals surface area contributed by atoms with Gasteiger partial charge in [0, 0.05) is 28.1 Å². The van der Waals surface area contributed by atoms with E-state index in [1.54, 1.807) is 65.1 Å². The predicted molar refractivity (Wildman–Crippen MR) is 176 cm³/mol. The first-order valence-electron chi connectivity index (χ1n) is 14.1. The molecule has 0 fully saturated rings. The third-order valence-corrected chi connectivity index (χ3v) is 10.7. The largest absolute Gasteiger partial charge is 0.496 e. The summed E-state index contributed by atoms with van der Waals surface area (Å²) in [5.74, 6) is 1.23. The van der Waals surface area contributed by atoms with Crippen molar-refractivity contribution in [1.29, 1.82) is 0 Å². The zero-order chi connectivity index (χ0) is 32.3. The van der Waals surface area contributed by atoms with Gasteiger partial charge in [0.05, 0.1) is 28.6 Å². The molecule has 0 saturated heterocycles. The smallest absolute Gasteiger partial charge is 0.179 e. The maximum Gasteiger partial charge on any atom is 0.179 e. The number of rotatable bonds is 12. The minimum absolute atomic E-state index is 0.171. The molecule has 0 aliphatic heterocycles. The first-order valence-corrected chi connectivity index (χ1v) is 16.9. The van der Waals surface area contributed by atoms with Gasteiger partial charge in [-0.1, -0.05) is 23.7 Å². The van der Waals surface area contributed by atoms with Gasteiger partial charge in [0.15, 0.2) is 15.3 Å². The fourth-order valence-electron chi connectivity index (χ4n) is 4.58. The Morgan fingerprint density at radius 3 is 2.53 bits per heavy atom. The third kappa shape index (κ3) is 7.36. The number of fused-ring (bicyclic) bond motifs is 1. The lowest BCUT2D eigenvalue weighted by Crippen LogP contribution is -2.29. The number of methoxy groups -OCH3 is 1. The molecular weight excluding hydrogens is 639 g/mol. The highest BCUT2D eigenvalue weighted by Gasteiger charge is 2.28. The number of hydrogen-bond donors (Lipinski definition) is 1. The van der Waals surface area contributed by atoms with Gasteiger partial charge in [-0.3, -0.25) is 0 Å². The van der Waals surface area contributed by atoms with Crippen LogP contribution in [0.4, 0.5) is 15.9 Å². The van der Waals surface area contributed by atoms with Gasteiger partial charge < -0.3 is 19.5 Å². The van der Waals surface area contributed by atoms with Crippen LogP contribution in [0.2, 0.25) is 5.02 Å². The van der Waals surface area contributed by atoms with Crippen molar-refractivity contribution in [2.75, 3.05) is 12.4 Å². The molecule has 2 heterocycles. The highest BCUT2D eigenvalue weighted by atomic mass is 35.5. The van der Waals surface area contributed by atoms with E-state index in [0.717, 1.165) is 0 Å². The van der Waals surface area contributed by atoms with Crippen LogP contribution in [0.1, 0.15) is 44.4 Å². The van der Waals surface area contributed by atoms with E-state index in [2.05, 4.69) is 15.3 Å². The first-order chi connectivity index (χ1) is 21.5. The van der Waals surface area contributed by atoms with Crippen LogP contribution in [-0.2, 0) is 21.2 Å². The first kappa shape index (κ1) is 32.6. The van der Waals surface area contributed by atoms with Gasteiger partial charge >= 0.3 is 0 Å². The summed E-state index contributed by atoms with van der Waals surface area (Å²) in [6.45, 7) is 6.77. The predicted octanol–water partition coefficient (Wildman–Crippen LogP) is 8.12. The fourth-order valence-corrected chi connectivity index (χ4v) is 6.71. The van der Waals surface area contributed by atoms with Crippen molar-refractivity contribution in [3.05, 3.63) is 87.7 Å². The van der Waals surface area contributed by atoms with E-state index < -0.39 is 26.6 Å². The van der Waals surface area contributed by atoms with E-state index in [-0.39, 0.29) is 12.4 Å². The molecule has 5 aromatic rings. The molecule has 9 nitrogen and oxygen atoms in total. The van der Waals surface area contributed by atoms with E-state index in [9.17, 15) is 12.8 Å². The number of aromatic nitrogens is 3. The van der Waals surface area contributed by atoms with Crippen LogP contribution in [0.25, 0.3) is 22.2 Å². The van der Waals surface area contributed by atoms with Crippen molar-refractivity contribution in [2.24, 2.45) is 0 Å². The lowest BCUT2D eigenvalue weighted by Gasteiger charge is -2.20. The molecule has 5 rings (SSSR count).